The summed E-state index contributed by atoms with van der Waals surface area (Å²) in [7, 11) is 0. The van der Waals surface area contributed by atoms with E-state index in [1.165, 1.54) is 31.5 Å². The zero-order valence-electron chi connectivity index (χ0n) is 10.8. The van der Waals surface area contributed by atoms with Crippen LogP contribution in [0.25, 0.3) is 0 Å². The molecule has 4 heteroatoms. The minimum Gasteiger partial charge on any atom is -0.330 e. The van der Waals surface area contributed by atoms with E-state index >= 15 is 0 Å². The van der Waals surface area contributed by atoms with Crippen LogP contribution in [-0.2, 0) is 0 Å². The summed E-state index contributed by atoms with van der Waals surface area (Å²) in [5.74, 6) is 0.739. The number of nitrogens with two attached hydrogens (primary N) is 1. The van der Waals surface area contributed by atoms with Crippen LogP contribution in [-0.4, -0.2) is 24.5 Å². The van der Waals surface area contributed by atoms with Crippen molar-refractivity contribution in [1.29, 1.82) is 0 Å². The van der Waals surface area contributed by atoms with Gasteiger partial charge in [-0.2, -0.15) is 0 Å². The van der Waals surface area contributed by atoms with Crippen molar-refractivity contribution >= 4 is 28.3 Å². The molecule has 1 aliphatic rings. The molecule has 1 aliphatic heterocycles. The summed E-state index contributed by atoms with van der Waals surface area (Å²) < 4.78 is 1.15. The lowest BCUT2D eigenvalue weighted by Gasteiger charge is -2.35. The number of rotatable bonds is 3. The number of hydrogen-bond acceptors (Lipinski definition) is 2. The summed E-state index contributed by atoms with van der Waals surface area (Å²) in [6.45, 7) is 5.50. The van der Waals surface area contributed by atoms with Crippen molar-refractivity contribution in [3.05, 3.63) is 34.3 Å². The molecule has 0 bridgehead atoms. The smallest absolute Gasteiger partial charge is 0.0319 e. The maximum Gasteiger partial charge on any atom is 0.0319 e. The maximum atomic E-state index is 5.73. The average Bonchev–Trinajstić information content (AvgIpc) is 2.39. The minimum atomic E-state index is 0. The highest BCUT2D eigenvalue weighted by Crippen LogP contribution is 2.26. The summed E-state index contributed by atoms with van der Waals surface area (Å²) >= 11 is 3.48. The van der Waals surface area contributed by atoms with Crippen LogP contribution in [0.2, 0.25) is 0 Å². The Balaban J connectivity index is 0.00000162. The zero-order chi connectivity index (χ0) is 12.3. The number of benzene rings is 1. The quantitative estimate of drug-likeness (QED) is 0.915. The Kier molecular flexibility index (Phi) is 6.64. The molecular weight excluding hydrogens is 312 g/mol. The van der Waals surface area contributed by atoms with Crippen molar-refractivity contribution in [2.24, 2.45) is 11.7 Å². The third kappa shape index (κ3) is 3.95. The molecule has 1 saturated heterocycles. The topological polar surface area (TPSA) is 29.3 Å². The Labute approximate surface area is 124 Å². The van der Waals surface area contributed by atoms with E-state index in [9.17, 15) is 0 Å². The molecule has 0 aliphatic carbocycles. The first kappa shape index (κ1) is 16.0. The molecule has 0 spiro atoms. The van der Waals surface area contributed by atoms with Crippen molar-refractivity contribution in [3.63, 3.8) is 0 Å². The number of likely N-dealkylation sites (tertiary alicyclic amines) is 1. The number of piperidine rings is 1. The van der Waals surface area contributed by atoms with Gasteiger partial charge in [-0.05, 0) is 63.0 Å². The molecule has 18 heavy (non-hydrogen) atoms. The van der Waals surface area contributed by atoms with Gasteiger partial charge in [0, 0.05) is 10.5 Å². The van der Waals surface area contributed by atoms with Gasteiger partial charge >= 0.3 is 0 Å². The van der Waals surface area contributed by atoms with Crippen LogP contribution in [0.4, 0.5) is 0 Å². The van der Waals surface area contributed by atoms with Gasteiger partial charge in [0.15, 0.2) is 0 Å². The van der Waals surface area contributed by atoms with Crippen LogP contribution in [0.3, 0.4) is 0 Å². The molecule has 1 heterocycles. The first-order valence-electron chi connectivity index (χ1n) is 6.40. The Bertz CT molecular complexity index is 347. The molecule has 1 atom stereocenters. The molecule has 1 aromatic carbocycles. The zero-order valence-corrected chi connectivity index (χ0v) is 13.2. The lowest BCUT2D eigenvalue weighted by molar-refractivity contribution is 0.143. The van der Waals surface area contributed by atoms with Crippen LogP contribution < -0.4 is 5.73 Å². The minimum absolute atomic E-state index is 0. The molecule has 0 amide bonds. The number of hydrogen-bond donors (Lipinski definition) is 1. The van der Waals surface area contributed by atoms with Gasteiger partial charge in [-0.15, -0.1) is 12.4 Å². The molecule has 1 aromatic rings. The second kappa shape index (κ2) is 7.49. The maximum absolute atomic E-state index is 5.73. The summed E-state index contributed by atoms with van der Waals surface area (Å²) in [6, 6.07) is 9.19. The van der Waals surface area contributed by atoms with Crippen molar-refractivity contribution in [2.75, 3.05) is 19.6 Å². The van der Waals surface area contributed by atoms with Gasteiger partial charge in [-0.25, -0.2) is 0 Å². The fraction of sp³-hybridized carbons (Fsp3) is 0.571. The monoisotopic (exact) mass is 332 g/mol. The molecule has 2 N–H and O–H groups in total. The highest BCUT2D eigenvalue weighted by Gasteiger charge is 2.22. The second-order valence-corrected chi connectivity index (χ2v) is 5.86. The molecular formula is C14H22BrClN2. The van der Waals surface area contributed by atoms with E-state index in [-0.39, 0.29) is 12.4 Å². The lowest BCUT2D eigenvalue weighted by atomic mass is 9.95. The average molecular weight is 334 g/mol. The van der Waals surface area contributed by atoms with E-state index in [4.69, 9.17) is 5.73 Å². The standard InChI is InChI=1S/C14H21BrN2.ClH/c1-11(13-2-4-14(15)5-3-13)17-8-6-12(10-16)7-9-17;/h2-5,11-12H,6-10,16H2,1H3;1H. The van der Waals surface area contributed by atoms with Crippen LogP contribution in [0.5, 0.6) is 0 Å². The van der Waals surface area contributed by atoms with Gasteiger partial charge in [0.25, 0.3) is 0 Å². The van der Waals surface area contributed by atoms with E-state index in [0.29, 0.717) is 6.04 Å². The highest BCUT2D eigenvalue weighted by molar-refractivity contribution is 9.10. The van der Waals surface area contributed by atoms with E-state index < -0.39 is 0 Å². The Morgan fingerprint density at radius 3 is 2.33 bits per heavy atom. The Morgan fingerprint density at radius 1 is 1.28 bits per heavy atom. The molecule has 0 saturated carbocycles. The van der Waals surface area contributed by atoms with Gasteiger partial charge in [0.05, 0.1) is 0 Å². The first-order chi connectivity index (χ1) is 8.20. The predicted molar refractivity (Wildman–Crippen MR) is 83.2 cm³/mol. The fourth-order valence-electron chi connectivity index (χ4n) is 2.53. The van der Waals surface area contributed by atoms with Gasteiger partial charge < -0.3 is 5.73 Å². The molecule has 0 aromatic heterocycles. The molecule has 2 nitrogen and oxygen atoms in total. The van der Waals surface area contributed by atoms with Crippen molar-refractivity contribution in [1.82, 2.24) is 4.90 Å². The van der Waals surface area contributed by atoms with Crippen LogP contribution in [0, 0.1) is 5.92 Å². The lowest BCUT2D eigenvalue weighted by Crippen LogP contribution is -2.37. The summed E-state index contributed by atoms with van der Waals surface area (Å²) in [5, 5.41) is 0. The van der Waals surface area contributed by atoms with Crippen molar-refractivity contribution in [3.8, 4) is 0 Å². The first-order valence-corrected chi connectivity index (χ1v) is 7.19. The van der Waals surface area contributed by atoms with Gasteiger partial charge in [-0.1, -0.05) is 28.1 Å². The van der Waals surface area contributed by atoms with E-state index in [2.05, 4.69) is 52.0 Å². The third-order valence-corrected chi connectivity index (χ3v) is 4.41. The normalized spacial score (nSPS) is 19.3. The fourth-order valence-corrected chi connectivity index (χ4v) is 2.79. The van der Waals surface area contributed by atoms with E-state index in [1.54, 1.807) is 0 Å². The molecule has 1 fully saturated rings. The molecule has 2 rings (SSSR count). The van der Waals surface area contributed by atoms with Crippen LogP contribution >= 0.6 is 28.3 Å². The van der Waals surface area contributed by atoms with E-state index in [1.807, 2.05) is 0 Å². The Hall–Kier alpha value is -0.0900. The van der Waals surface area contributed by atoms with Gasteiger partial charge in [0.2, 0.25) is 0 Å². The van der Waals surface area contributed by atoms with Gasteiger partial charge in [-0.3, -0.25) is 4.90 Å². The Morgan fingerprint density at radius 2 is 1.83 bits per heavy atom. The third-order valence-electron chi connectivity index (χ3n) is 3.88. The van der Waals surface area contributed by atoms with Crippen molar-refractivity contribution in [2.45, 2.75) is 25.8 Å². The summed E-state index contributed by atoms with van der Waals surface area (Å²) in [4.78, 5) is 2.56. The SMILES string of the molecule is CC(c1ccc(Br)cc1)N1CCC(CN)CC1.Cl. The van der Waals surface area contributed by atoms with Crippen molar-refractivity contribution < 1.29 is 0 Å². The summed E-state index contributed by atoms with van der Waals surface area (Å²) in [6.07, 6.45) is 2.49. The second-order valence-electron chi connectivity index (χ2n) is 4.94. The molecule has 1 unspecified atom stereocenters. The molecule has 102 valence electrons. The van der Waals surface area contributed by atoms with Gasteiger partial charge in [0.1, 0.15) is 0 Å². The van der Waals surface area contributed by atoms with E-state index in [0.717, 1.165) is 16.9 Å². The highest BCUT2D eigenvalue weighted by atomic mass is 79.9. The number of nitrogens with zero attached hydrogens (tertiary/aromatic N) is 1. The largest absolute Gasteiger partial charge is 0.330 e. The number of halogens is 2. The predicted octanol–water partition coefficient (Wildman–Crippen LogP) is 3.60. The molecule has 0 radical (unpaired) electrons. The summed E-state index contributed by atoms with van der Waals surface area (Å²) in [5.41, 5.74) is 7.13. The van der Waals surface area contributed by atoms with Crippen LogP contribution in [0.15, 0.2) is 28.7 Å². The van der Waals surface area contributed by atoms with Crippen LogP contribution in [0.1, 0.15) is 31.4 Å².